The van der Waals surface area contributed by atoms with Crippen molar-refractivity contribution < 1.29 is 0 Å². The number of halogens is 2. The molecule has 0 radical (unpaired) electrons. The topological polar surface area (TPSA) is 50.4 Å². The van der Waals surface area contributed by atoms with E-state index in [0.29, 0.717) is 17.5 Å². The van der Waals surface area contributed by atoms with Gasteiger partial charge in [-0.1, -0.05) is 17.7 Å². The number of nitrogens with two attached hydrogens (primary N) is 1. The standard InChI is InChI=1S/C9H9BrClN3/c10-6-2-1-5(3-7(6)11)8-4-13-9(12)14-8/h1-3,8H,4H2,(H3,12,13,14). The lowest BCUT2D eigenvalue weighted by Gasteiger charge is -2.11. The minimum Gasteiger partial charge on any atom is -0.370 e. The van der Waals surface area contributed by atoms with Gasteiger partial charge in [-0.15, -0.1) is 0 Å². The summed E-state index contributed by atoms with van der Waals surface area (Å²) in [5.41, 5.74) is 6.63. The van der Waals surface area contributed by atoms with Crippen LogP contribution in [0.4, 0.5) is 0 Å². The Bertz CT molecular complexity index is 392. The number of hydrogen-bond donors (Lipinski definition) is 2. The summed E-state index contributed by atoms with van der Waals surface area (Å²) in [5, 5.41) is 3.77. The Labute approximate surface area is 95.5 Å². The van der Waals surface area contributed by atoms with Crippen LogP contribution in [0.5, 0.6) is 0 Å². The Kier molecular flexibility index (Phi) is 2.65. The fraction of sp³-hybridized carbons (Fsp3) is 0.222. The highest BCUT2D eigenvalue weighted by atomic mass is 79.9. The SMILES string of the molecule is NC1=NCC(c2ccc(Br)c(Cl)c2)N1. The number of nitrogens with zero attached hydrogens (tertiary/aromatic N) is 1. The molecule has 5 heteroatoms. The highest BCUT2D eigenvalue weighted by Crippen LogP contribution is 2.26. The van der Waals surface area contributed by atoms with Gasteiger partial charge >= 0.3 is 0 Å². The van der Waals surface area contributed by atoms with Crippen LogP contribution in [0.15, 0.2) is 27.7 Å². The summed E-state index contributed by atoms with van der Waals surface area (Å²) in [6.07, 6.45) is 0. The van der Waals surface area contributed by atoms with E-state index in [1.54, 1.807) is 0 Å². The largest absolute Gasteiger partial charge is 0.370 e. The second-order valence-electron chi connectivity index (χ2n) is 3.10. The lowest BCUT2D eigenvalue weighted by molar-refractivity contribution is 0.707. The zero-order chi connectivity index (χ0) is 10.1. The third-order valence-corrected chi connectivity index (χ3v) is 3.34. The predicted octanol–water partition coefficient (Wildman–Crippen LogP) is 2.06. The molecule has 3 nitrogen and oxygen atoms in total. The summed E-state index contributed by atoms with van der Waals surface area (Å²) in [6, 6.07) is 5.99. The van der Waals surface area contributed by atoms with Crippen LogP contribution in [0.3, 0.4) is 0 Å². The maximum Gasteiger partial charge on any atom is 0.189 e. The van der Waals surface area contributed by atoms with Crippen molar-refractivity contribution in [3.8, 4) is 0 Å². The van der Waals surface area contributed by atoms with Gasteiger partial charge in [0.05, 0.1) is 17.6 Å². The van der Waals surface area contributed by atoms with Gasteiger partial charge in [-0.3, -0.25) is 4.99 Å². The van der Waals surface area contributed by atoms with Crippen LogP contribution >= 0.6 is 27.5 Å². The van der Waals surface area contributed by atoms with Crippen molar-refractivity contribution in [2.75, 3.05) is 6.54 Å². The Hall–Kier alpha value is -0.740. The van der Waals surface area contributed by atoms with E-state index in [1.807, 2.05) is 18.2 Å². The van der Waals surface area contributed by atoms with Gasteiger partial charge in [0.15, 0.2) is 5.96 Å². The van der Waals surface area contributed by atoms with E-state index in [1.165, 1.54) is 0 Å². The van der Waals surface area contributed by atoms with Crippen molar-refractivity contribution in [1.82, 2.24) is 5.32 Å². The van der Waals surface area contributed by atoms with E-state index < -0.39 is 0 Å². The highest BCUT2D eigenvalue weighted by molar-refractivity contribution is 9.10. The summed E-state index contributed by atoms with van der Waals surface area (Å²) in [5.74, 6) is 0.494. The van der Waals surface area contributed by atoms with E-state index in [4.69, 9.17) is 17.3 Å². The maximum atomic E-state index is 5.99. The molecule has 74 valence electrons. The monoisotopic (exact) mass is 273 g/mol. The van der Waals surface area contributed by atoms with Crippen LogP contribution < -0.4 is 11.1 Å². The van der Waals surface area contributed by atoms with Gasteiger partial charge in [0.25, 0.3) is 0 Å². The molecule has 0 bridgehead atoms. The first-order valence-corrected chi connectivity index (χ1v) is 5.35. The molecule has 3 N–H and O–H groups in total. The van der Waals surface area contributed by atoms with E-state index >= 15 is 0 Å². The number of guanidine groups is 1. The molecule has 0 fully saturated rings. The molecule has 0 spiro atoms. The van der Waals surface area contributed by atoms with Gasteiger partial charge < -0.3 is 11.1 Å². The van der Waals surface area contributed by atoms with Crippen molar-refractivity contribution >= 4 is 33.5 Å². The minimum absolute atomic E-state index is 0.153. The van der Waals surface area contributed by atoms with Gasteiger partial charge in [0.1, 0.15) is 0 Å². The lowest BCUT2D eigenvalue weighted by atomic mass is 10.1. The molecule has 1 heterocycles. The molecule has 0 aromatic heterocycles. The van der Waals surface area contributed by atoms with E-state index in [2.05, 4.69) is 26.2 Å². The molecule has 0 saturated carbocycles. The van der Waals surface area contributed by atoms with Crippen LogP contribution in [0.25, 0.3) is 0 Å². The molecule has 1 aliphatic heterocycles. The van der Waals surface area contributed by atoms with Crippen molar-refractivity contribution in [2.45, 2.75) is 6.04 Å². The first kappa shape index (κ1) is 9.80. The second-order valence-corrected chi connectivity index (χ2v) is 4.36. The molecule has 2 rings (SSSR count). The molecule has 1 aliphatic rings. The number of rotatable bonds is 1. The smallest absolute Gasteiger partial charge is 0.189 e. The Balaban J connectivity index is 2.22. The fourth-order valence-electron chi connectivity index (χ4n) is 1.38. The normalized spacial score (nSPS) is 20.4. The number of benzene rings is 1. The third-order valence-electron chi connectivity index (χ3n) is 2.11. The first-order valence-electron chi connectivity index (χ1n) is 4.18. The van der Waals surface area contributed by atoms with Crippen molar-refractivity contribution in [1.29, 1.82) is 0 Å². The average Bonchev–Trinajstić information content (AvgIpc) is 2.57. The molecule has 1 atom stereocenters. The molecule has 1 aromatic carbocycles. The number of nitrogens with one attached hydrogen (secondary N) is 1. The highest BCUT2D eigenvalue weighted by Gasteiger charge is 2.17. The van der Waals surface area contributed by atoms with Crippen molar-refractivity contribution in [3.63, 3.8) is 0 Å². The Morgan fingerprint density at radius 1 is 1.57 bits per heavy atom. The zero-order valence-electron chi connectivity index (χ0n) is 7.30. The molecule has 0 aliphatic carbocycles. The van der Waals surface area contributed by atoms with Crippen LogP contribution in [-0.2, 0) is 0 Å². The average molecular weight is 275 g/mol. The second kappa shape index (κ2) is 3.79. The van der Waals surface area contributed by atoms with E-state index in [0.717, 1.165) is 10.0 Å². The van der Waals surface area contributed by atoms with Crippen LogP contribution in [0.2, 0.25) is 5.02 Å². The molecular formula is C9H9BrClN3. The van der Waals surface area contributed by atoms with Gasteiger partial charge in [-0.05, 0) is 33.6 Å². The molecule has 14 heavy (non-hydrogen) atoms. The fourth-order valence-corrected chi connectivity index (χ4v) is 1.81. The maximum absolute atomic E-state index is 5.99. The predicted molar refractivity (Wildman–Crippen MR) is 61.5 cm³/mol. The number of aliphatic imine (C=N–C) groups is 1. The lowest BCUT2D eigenvalue weighted by Crippen LogP contribution is -2.29. The zero-order valence-corrected chi connectivity index (χ0v) is 9.64. The van der Waals surface area contributed by atoms with E-state index in [-0.39, 0.29) is 6.04 Å². The van der Waals surface area contributed by atoms with Gasteiger partial charge in [-0.2, -0.15) is 0 Å². The summed E-state index contributed by atoms with van der Waals surface area (Å²) in [7, 11) is 0. The van der Waals surface area contributed by atoms with Crippen LogP contribution in [-0.4, -0.2) is 12.5 Å². The minimum atomic E-state index is 0.153. The van der Waals surface area contributed by atoms with Gasteiger partial charge in [0, 0.05) is 4.47 Å². The molecule has 1 unspecified atom stereocenters. The summed E-state index contributed by atoms with van der Waals surface area (Å²) < 4.78 is 0.898. The summed E-state index contributed by atoms with van der Waals surface area (Å²) >= 11 is 9.33. The molecule has 1 aromatic rings. The first-order chi connectivity index (χ1) is 6.66. The third kappa shape index (κ3) is 1.86. The van der Waals surface area contributed by atoms with E-state index in [9.17, 15) is 0 Å². The quantitative estimate of drug-likeness (QED) is 0.823. The van der Waals surface area contributed by atoms with Crippen molar-refractivity contribution in [2.24, 2.45) is 10.7 Å². The molecule has 0 saturated heterocycles. The summed E-state index contributed by atoms with van der Waals surface area (Å²) in [6.45, 7) is 0.670. The molecular weight excluding hydrogens is 265 g/mol. The van der Waals surface area contributed by atoms with Crippen LogP contribution in [0, 0.1) is 0 Å². The van der Waals surface area contributed by atoms with Crippen LogP contribution in [0.1, 0.15) is 11.6 Å². The molecule has 0 amide bonds. The number of hydrogen-bond acceptors (Lipinski definition) is 3. The summed E-state index contributed by atoms with van der Waals surface area (Å²) in [4.78, 5) is 4.07. The Morgan fingerprint density at radius 2 is 2.36 bits per heavy atom. The van der Waals surface area contributed by atoms with Gasteiger partial charge in [-0.25, -0.2) is 0 Å². The van der Waals surface area contributed by atoms with Crippen molar-refractivity contribution in [3.05, 3.63) is 33.3 Å². The van der Waals surface area contributed by atoms with Gasteiger partial charge in [0.2, 0.25) is 0 Å². The Morgan fingerprint density at radius 3 is 2.93 bits per heavy atom.